The van der Waals surface area contributed by atoms with Gasteiger partial charge in [0.1, 0.15) is 34.6 Å². The van der Waals surface area contributed by atoms with Gasteiger partial charge in [0.05, 0.1) is 22.6 Å². The van der Waals surface area contributed by atoms with Crippen molar-refractivity contribution in [1.82, 2.24) is 4.58 Å². The zero-order valence-electron chi connectivity index (χ0n) is 23.2. The van der Waals surface area contributed by atoms with E-state index in [0.29, 0.717) is 39.2 Å². The second kappa shape index (κ2) is 12.2. The van der Waals surface area contributed by atoms with E-state index in [-0.39, 0.29) is 45.6 Å². The van der Waals surface area contributed by atoms with E-state index in [1.54, 1.807) is 49.4 Å². The number of carbonyl (C=O) groups excluding carboxylic acids is 1. The Labute approximate surface area is 260 Å². The number of nitrogens with zero attached hydrogens (tertiary/aromatic N) is 1. The number of hydrogen-bond donors (Lipinski definition) is 1. The van der Waals surface area contributed by atoms with Gasteiger partial charge in [0, 0.05) is 45.5 Å². The van der Waals surface area contributed by atoms with Crippen molar-refractivity contribution >= 4 is 38.4 Å². The number of fused-ring (bicyclic) bond motifs is 2. The third-order valence-electron chi connectivity index (χ3n) is 7.02. The van der Waals surface area contributed by atoms with Crippen molar-refractivity contribution in [2.24, 2.45) is 0 Å². The first-order valence-electron chi connectivity index (χ1n) is 12.8. The van der Waals surface area contributed by atoms with Crippen LogP contribution < -0.4 is 49.9 Å². The maximum Gasteiger partial charge on any atom is 1.00 e. The van der Waals surface area contributed by atoms with Crippen molar-refractivity contribution in [3.8, 4) is 22.5 Å². The van der Waals surface area contributed by atoms with Gasteiger partial charge in [0.15, 0.2) is 0 Å². The number of benzene rings is 4. The fourth-order valence-electron chi connectivity index (χ4n) is 5.07. The van der Waals surface area contributed by atoms with Crippen molar-refractivity contribution < 1.29 is 56.8 Å². The summed E-state index contributed by atoms with van der Waals surface area (Å²) in [5, 5.41) is 16.4. The molecule has 0 amide bonds. The van der Waals surface area contributed by atoms with Crippen molar-refractivity contribution in [3.63, 3.8) is 0 Å². The summed E-state index contributed by atoms with van der Waals surface area (Å²) < 4.78 is 45.3. The van der Waals surface area contributed by atoms with Gasteiger partial charge >= 0.3 is 29.6 Å². The Morgan fingerprint density at radius 3 is 2.34 bits per heavy atom. The number of carbonyl (C=O) groups is 1. The van der Waals surface area contributed by atoms with Crippen molar-refractivity contribution in [1.29, 1.82) is 0 Å². The molecule has 0 bridgehead atoms. The largest absolute Gasteiger partial charge is 1.00 e. The summed E-state index contributed by atoms with van der Waals surface area (Å²) in [4.78, 5) is 11.4. The molecule has 0 fully saturated rings. The molecule has 0 saturated heterocycles. The third kappa shape index (κ3) is 5.95. The first kappa shape index (κ1) is 30.5. The van der Waals surface area contributed by atoms with Crippen LogP contribution in [0.2, 0.25) is 0 Å². The Kier molecular flexibility index (Phi) is 9.06. The number of anilines is 2. The quantitative estimate of drug-likeness (QED) is 0.134. The average molecular weight is 579 g/mol. The molecule has 5 rings (SSSR count). The summed E-state index contributed by atoms with van der Waals surface area (Å²) in [6, 6.07) is 22.0. The summed E-state index contributed by atoms with van der Waals surface area (Å²) in [6.45, 7) is 7.46. The van der Waals surface area contributed by atoms with Crippen LogP contribution in [0.15, 0.2) is 88.2 Å². The smallest absolute Gasteiger partial charge is 0.744 e. The average Bonchev–Trinajstić information content (AvgIpc) is 2.92. The summed E-state index contributed by atoms with van der Waals surface area (Å²) in [5.41, 5.74) is 3.60. The minimum absolute atomic E-state index is 0. The van der Waals surface area contributed by atoms with Gasteiger partial charge in [-0.3, -0.25) is 0 Å². The van der Waals surface area contributed by atoms with Gasteiger partial charge in [-0.25, -0.2) is 13.0 Å². The van der Waals surface area contributed by atoms with Gasteiger partial charge in [-0.05, 0) is 50.6 Å². The Bertz CT molecular complexity index is 1930. The second-order valence-electron chi connectivity index (χ2n) is 9.40. The number of nitrogens with one attached hydrogen (secondary N) is 1. The maximum atomic E-state index is 12.2. The van der Waals surface area contributed by atoms with Crippen LogP contribution in [0.5, 0.6) is 0 Å². The van der Waals surface area contributed by atoms with Gasteiger partial charge in [0.25, 0.3) is 0 Å². The molecule has 0 radical (unpaired) electrons. The number of aryl methyl sites for hydroxylation is 1. The molecule has 0 atom stereocenters. The maximum absolute atomic E-state index is 12.2. The Morgan fingerprint density at radius 2 is 1.66 bits per heavy atom. The van der Waals surface area contributed by atoms with E-state index in [1.165, 1.54) is 18.2 Å². The van der Waals surface area contributed by atoms with Crippen LogP contribution in [-0.4, -0.2) is 32.0 Å². The van der Waals surface area contributed by atoms with Gasteiger partial charge in [0.2, 0.25) is 5.36 Å². The molecule has 0 aromatic heterocycles. The molecule has 0 unspecified atom stereocenters. The van der Waals surface area contributed by atoms with Crippen molar-refractivity contribution in [2.45, 2.75) is 25.7 Å². The molecule has 1 aliphatic heterocycles. The number of rotatable bonds is 7. The predicted molar refractivity (Wildman–Crippen MR) is 151 cm³/mol. The summed E-state index contributed by atoms with van der Waals surface area (Å²) >= 11 is 0. The Balaban J connectivity index is 0.00000387. The molecule has 10 heteroatoms. The van der Waals surface area contributed by atoms with Crippen LogP contribution in [-0.2, 0) is 10.1 Å². The standard InChI is InChI=1S/C31H28N2O6S.Na/c1-4-33(5-2)21-14-16-23-27(18-21)39-26-17-20(32-30-19(3)9-8-11-25(30)31(34)35)13-15-22(26)29(23)24-10-6-7-12-28(24)40(36,37)38;/h6-18H,4-5H2,1-3H3,(H2,34,35,36,37,38);/q;+1/p-1. The minimum Gasteiger partial charge on any atom is -0.744 e. The molecule has 8 nitrogen and oxygen atoms in total. The van der Waals surface area contributed by atoms with Crippen LogP contribution in [0, 0.1) is 6.92 Å². The van der Waals surface area contributed by atoms with E-state index in [0.717, 1.165) is 24.0 Å². The monoisotopic (exact) mass is 578 g/mol. The molecule has 0 spiro atoms. The van der Waals surface area contributed by atoms with Crippen LogP contribution in [0.1, 0.15) is 29.8 Å². The fraction of sp³-hybridized carbons (Fsp3) is 0.161. The molecular formula is C31H27N2NaO6S. The Morgan fingerprint density at radius 1 is 0.927 bits per heavy atom. The molecule has 0 saturated carbocycles. The SMILES string of the molecule is CC[N+](CC)=c1ccc2c(-c3ccccc3S(=O)(=O)[O-])c3ccc(Nc4c(C)cccc4C(=O)[O-])cc3oc-2c1.[Na+]. The van der Waals surface area contributed by atoms with Crippen LogP contribution in [0.25, 0.3) is 33.4 Å². The first-order valence-corrected chi connectivity index (χ1v) is 14.2. The molecule has 1 N–H and O–H groups in total. The minimum atomic E-state index is -4.78. The van der Waals surface area contributed by atoms with E-state index >= 15 is 0 Å². The third-order valence-corrected chi connectivity index (χ3v) is 7.92. The van der Waals surface area contributed by atoms with E-state index in [1.807, 2.05) is 18.2 Å². The molecule has 3 aromatic rings. The number of carboxylic acid groups (broad SMARTS) is 1. The first-order chi connectivity index (χ1) is 19.1. The number of aromatic carboxylic acids is 1. The summed E-state index contributed by atoms with van der Waals surface area (Å²) in [7, 11) is -4.78. The predicted octanol–water partition coefficient (Wildman–Crippen LogP) is 1.34. The van der Waals surface area contributed by atoms with E-state index in [9.17, 15) is 22.9 Å². The molecule has 204 valence electrons. The fourth-order valence-corrected chi connectivity index (χ4v) is 5.76. The summed E-state index contributed by atoms with van der Waals surface area (Å²) in [6.07, 6.45) is 0. The van der Waals surface area contributed by atoms with E-state index in [2.05, 4.69) is 23.7 Å². The molecule has 1 aliphatic carbocycles. The zero-order chi connectivity index (χ0) is 28.6. The second-order valence-corrected chi connectivity index (χ2v) is 10.7. The number of para-hydroxylation sites is 1. The Hall–Kier alpha value is -3.47. The van der Waals surface area contributed by atoms with Crippen LogP contribution >= 0.6 is 0 Å². The summed E-state index contributed by atoms with van der Waals surface area (Å²) in [5.74, 6) is -0.794. The van der Waals surface area contributed by atoms with Gasteiger partial charge < -0.3 is 24.2 Å². The molecule has 1 heterocycles. The van der Waals surface area contributed by atoms with E-state index < -0.39 is 16.1 Å². The molecule has 3 aromatic carbocycles. The molecule has 2 aliphatic rings. The van der Waals surface area contributed by atoms with Gasteiger partial charge in [-0.2, -0.15) is 0 Å². The number of hydrogen-bond acceptors (Lipinski definition) is 7. The van der Waals surface area contributed by atoms with Crippen LogP contribution in [0.3, 0.4) is 0 Å². The van der Waals surface area contributed by atoms with Gasteiger partial charge in [-0.1, -0.05) is 36.4 Å². The molecule has 41 heavy (non-hydrogen) atoms. The van der Waals surface area contributed by atoms with Crippen molar-refractivity contribution in [2.75, 3.05) is 18.4 Å². The van der Waals surface area contributed by atoms with Gasteiger partial charge in [-0.15, -0.1) is 0 Å². The molecular weight excluding hydrogens is 551 g/mol. The zero-order valence-corrected chi connectivity index (χ0v) is 26.0. The number of carboxylic acids is 1. The van der Waals surface area contributed by atoms with Crippen molar-refractivity contribution in [3.05, 3.63) is 95.3 Å². The topological polar surface area (TPSA) is 126 Å². The van der Waals surface area contributed by atoms with E-state index in [4.69, 9.17) is 4.42 Å². The normalized spacial score (nSPS) is 11.3. The van der Waals surface area contributed by atoms with Crippen LogP contribution in [0.4, 0.5) is 11.4 Å².